The summed E-state index contributed by atoms with van der Waals surface area (Å²) in [6, 6.07) is 32.0. The Morgan fingerprint density at radius 1 is 0.853 bits per heavy atom. The molecule has 0 radical (unpaired) electrons. The molecule has 0 fully saturated rings. The number of alkyl halides is 3. The Bertz CT molecular complexity index is 1610. The number of para-hydroxylation sites is 1. The lowest BCUT2D eigenvalue weighted by Gasteiger charge is -2.08. The maximum atomic E-state index is 10.7. The molecule has 0 saturated heterocycles. The third-order valence-corrected chi connectivity index (χ3v) is 5.88. The minimum atomic E-state index is -6.09. The van der Waals surface area contributed by atoms with Crippen LogP contribution in [0.2, 0.25) is 0 Å². The average molecular weight is 484 g/mol. The van der Waals surface area contributed by atoms with Crippen LogP contribution in [-0.4, -0.2) is 23.0 Å². The highest BCUT2D eigenvalue weighted by molar-refractivity contribution is 7.86. The predicted molar refractivity (Wildman–Crippen MR) is 122 cm³/mol. The van der Waals surface area contributed by atoms with Gasteiger partial charge in [0, 0.05) is 22.2 Å². The first kappa shape index (κ1) is 23.5. The van der Waals surface area contributed by atoms with Gasteiger partial charge >= 0.3 is 5.51 Å². The van der Waals surface area contributed by atoms with Crippen molar-refractivity contribution >= 4 is 32.6 Å². The molecule has 3 aromatic carbocycles. The lowest BCUT2D eigenvalue weighted by atomic mass is 10.1. The second-order valence-electron chi connectivity index (χ2n) is 7.50. The van der Waals surface area contributed by atoms with E-state index in [1.54, 1.807) is 0 Å². The molecule has 2 heterocycles. The van der Waals surface area contributed by atoms with Gasteiger partial charge in [-0.2, -0.15) is 13.2 Å². The third kappa shape index (κ3) is 4.52. The summed E-state index contributed by atoms with van der Waals surface area (Å²) in [4.78, 5) is 0. The van der Waals surface area contributed by atoms with Crippen molar-refractivity contribution in [3.05, 3.63) is 102 Å². The molecule has 5 rings (SSSR count). The molecule has 0 unspecified atom stereocenters. The van der Waals surface area contributed by atoms with Gasteiger partial charge in [-0.15, -0.1) is 9.20 Å². The van der Waals surface area contributed by atoms with Gasteiger partial charge in [0.05, 0.1) is 0 Å². The van der Waals surface area contributed by atoms with Crippen LogP contribution in [0.15, 0.2) is 91.0 Å². The van der Waals surface area contributed by atoms with E-state index in [1.807, 2.05) is 0 Å². The van der Waals surface area contributed by atoms with Crippen LogP contribution >= 0.6 is 0 Å². The number of hydrogen-bond acceptors (Lipinski definition) is 3. The summed E-state index contributed by atoms with van der Waals surface area (Å²) in [5, 5.41) is 2.55. The topological polar surface area (TPSA) is 65.5 Å². The fourth-order valence-electron chi connectivity index (χ4n) is 3.81. The highest BCUT2D eigenvalue weighted by Crippen LogP contribution is 2.22. The number of aryl methyl sites for hydroxylation is 1. The minimum Gasteiger partial charge on any atom is -0.741 e. The fourth-order valence-corrected chi connectivity index (χ4v) is 3.81. The Balaban J connectivity index is 0.000000297. The summed E-state index contributed by atoms with van der Waals surface area (Å²) in [5.41, 5.74) is 0.483. The van der Waals surface area contributed by atoms with Gasteiger partial charge in [0.15, 0.2) is 17.2 Å². The molecule has 5 nitrogen and oxygen atoms in total. The molecule has 5 aromatic rings. The second-order valence-corrected chi connectivity index (χ2v) is 8.87. The lowest BCUT2D eigenvalue weighted by molar-refractivity contribution is -0.725. The van der Waals surface area contributed by atoms with E-state index >= 15 is 0 Å². The molecule has 0 aliphatic carbocycles. The molecule has 34 heavy (non-hydrogen) atoms. The molecular formula is C25H19F3N2O3S. The van der Waals surface area contributed by atoms with Crippen LogP contribution < -0.4 is 9.90 Å². The van der Waals surface area contributed by atoms with Crippen molar-refractivity contribution in [3.63, 3.8) is 0 Å². The smallest absolute Gasteiger partial charge is 0.485 e. The standard InChI is InChI=1S/C24H19N2.CHF3O3S/c1-25-23(19-12-6-3-7-13-19)17-24-21(16-18-10-4-2-5-11-18)20-14-8-9-15-22(20)26(24)25;2-1(3,4)8(5,6)7/h2-17H,1H3;(H,5,6,7)/q+1;/p-1. The average Bonchev–Trinajstić information content (AvgIpc) is 3.29. The van der Waals surface area contributed by atoms with Crippen molar-refractivity contribution < 1.29 is 30.8 Å². The number of fused-ring (bicyclic) bond motifs is 3. The zero-order valence-electron chi connectivity index (χ0n) is 17.9. The van der Waals surface area contributed by atoms with Crippen LogP contribution in [0.5, 0.6) is 0 Å². The van der Waals surface area contributed by atoms with Crippen LogP contribution in [0.3, 0.4) is 0 Å². The Hall–Kier alpha value is -3.69. The number of hydrogen-bond donors (Lipinski definition) is 0. The Labute approximate surface area is 193 Å². The summed E-state index contributed by atoms with van der Waals surface area (Å²) in [6.45, 7) is 0. The van der Waals surface area contributed by atoms with Crippen molar-refractivity contribution in [3.8, 4) is 11.3 Å². The van der Waals surface area contributed by atoms with E-state index in [1.165, 1.54) is 38.5 Å². The van der Waals surface area contributed by atoms with Gasteiger partial charge in [-0.25, -0.2) is 8.42 Å². The summed E-state index contributed by atoms with van der Waals surface area (Å²) in [6.07, 6.45) is 2.28. The molecule has 0 aliphatic rings. The van der Waals surface area contributed by atoms with E-state index < -0.39 is 15.6 Å². The van der Waals surface area contributed by atoms with Gasteiger partial charge in [-0.3, -0.25) is 0 Å². The van der Waals surface area contributed by atoms with Crippen LogP contribution in [0.1, 0.15) is 5.56 Å². The third-order valence-electron chi connectivity index (χ3n) is 5.31. The maximum Gasteiger partial charge on any atom is 0.485 e. The highest BCUT2D eigenvalue weighted by Gasteiger charge is 2.36. The van der Waals surface area contributed by atoms with E-state index in [0.717, 1.165) is 0 Å². The van der Waals surface area contributed by atoms with Crippen LogP contribution in [0.4, 0.5) is 13.2 Å². The quantitative estimate of drug-likeness (QED) is 0.215. The van der Waals surface area contributed by atoms with Crippen molar-refractivity contribution in [2.75, 3.05) is 0 Å². The first-order valence-electron chi connectivity index (χ1n) is 10.1. The number of halogens is 3. The molecule has 2 aromatic heterocycles. The Morgan fingerprint density at radius 3 is 1.97 bits per heavy atom. The van der Waals surface area contributed by atoms with Gasteiger partial charge < -0.3 is 4.55 Å². The molecule has 0 bridgehead atoms. The Kier molecular flexibility index (Phi) is 6.16. The summed E-state index contributed by atoms with van der Waals surface area (Å²) >= 11 is 0. The van der Waals surface area contributed by atoms with Crippen LogP contribution in [0.25, 0.3) is 33.8 Å². The van der Waals surface area contributed by atoms with Crippen molar-refractivity contribution in [1.29, 1.82) is 0 Å². The van der Waals surface area contributed by atoms with Crippen LogP contribution in [0, 0.1) is 0 Å². The highest BCUT2D eigenvalue weighted by atomic mass is 32.2. The van der Waals surface area contributed by atoms with Gasteiger partial charge in [-0.1, -0.05) is 66.7 Å². The summed E-state index contributed by atoms with van der Waals surface area (Å²) in [7, 11) is -3.96. The van der Waals surface area contributed by atoms with E-state index in [0.29, 0.717) is 0 Å². The SMILES string of the molecule is C[n+]1c(-c2ccccc2)cc2c(=Cc3ccccc3)c3ccccc3n21.O=S(=O)([O-])C(F)(F)F. The summed E-state index contributed by atoms with van der Waals surface area (Å²) < 4.78 is 63.5. The number of aromatic nitrogens is 2. The molecule has 0 saturated carbocycles. The maximum absolute atomic E-state index is 10.7. The Morgan fingerprint density at radius 2 is 1.38 bits per heavy atom. The van der Waals surface area contributed by atoms with E-state index in [-0.39, 0.29) is 0 Å². The molecule has 0 spiro atoms. The van der Waals surface area contributed by atoms with E-state index in [2.05, 4.69) is 113 Å². The fraction of sp³-hybridized carbons (Fsp3) is 0.0800. The largest absolute Gasteiger partial charge is 0.741 e. The molecule has 0 amide bonds. The van der Waals surface area contributed by atoms with Gasteiger partial charge in [0.2, 0.25) is 5.69 Å². The van der Waals surface area contributed by atoms with E-state index in [4.69, 9.17) is 13.0 Å². The molecular weight excluding hydrogens is 465 g/mol. The first-order chi connectivity index (χ1) is 16.1. The lowest BCUT2D eigenvalue weighted by Crippen LogP contribution is -2.36. The monoisotopic (exact) mass is 484 g/mol. The number of nitrogens with zero attached hydrogens (tertiary/aromatic N) is 2. The first-order valence-corrected chi connectivity index (χ1v) is 11.6. The number of rotatable bonds is 2. The van der Waals surface area contributed by atoms with Gasteiger partial charge in [0.25, 0.3) is 0 Å². The molecule has 9 heteroatoms. The molecule has 0 N–H and O–H groups in total. The van der Waals surface area contributed by atoms with Crippen molar-refractivity contribution in [2.45, 2.75) is 5.51 Å². The van der Waals surface area contributed by atoms with Crippen molar-refractivity contribution in [2.24, 2.45) is 7.05 Å². The van der Waals surface area contributed by atoms with E-state index in [9.17, 15) is 13.2 Å². The summed E-state index contributed by atoms with van der Waals surface area (Å²) in [5.74, 6) is 0. The van der Waals surface area contributed by atoms with Crippen LogP contribution in [-0.2, 0) is 17.2 Å². The zero-order chi connectivity index (χ0) is 24.5. The molecule has 0 atom stereocenters. The van der Waals surface area contributed by atoms with Gasteiger partial charge in [0.1, 0.15) is 11.0 Å². The normalized spacial score (nSPS) is 12.7. The van der Waals surface area contributed by atoms with Gasteiger partial charge in [-0.05, 0) is 29.8 Å². The zero-order valence-corrected chi connectivity index (χ0v) is 18.7. The molecule has 174 valence electrons. The second kappa shape index (κ2) is 8.92. The van der Waals surface area contributed by atoms with Crippen molar-refractivity contribution in [1.82, 2.24) is 4.52 Å². The minimum absolute atomic E-state index is 1.22. The number of benzene rings is 3. The molecule has 0 aliphatic heterocycles. The predicted octanol–water partition coefficient (Wildman–Crippen LogP) is 4.18.